The number of likely N-dealkylation sites (tertiary alicyclic amines) is 1. The van der Waals surface area contributed by atoms with E-state index in [0.29, 0.717) is 12.6 Å². The topological polar surface area (TPSA) is 35.6 Å². The quantitative estimate of drug-likeness (QED) is 0.908. The van der Waals surface area contributed by atoms with E-state index in [2.05, 4.69) is 27.2 Å². The van der Waals surface area contributed by atoms with Gasteiger partial charge in [0.15, 0.2) is 0 Å². The molecule has 132 valence electrons. The third-order valence-electron chi connectivity index (χ3n) is 4.90. The summed E-state index contributed by atoms with van der Waals surface area (Å²) in [4.78, 5) is 17.4. The third kappa shape index (κ3) is 5.15. The zero-order valence-corrected chi connectivity index (χ0v) is 15.3. The van der Waals surface area contributed by atoms with Crippen molar-refractivity contribution >= 4 is 17.8 Å². The molecule has 2 saturated heterocycles. The highest BCUT2D eigenvalue weighted by molar-refractivity contribution is 7.99. The largest absolute Gasteiger partial charge is 0.334 e. The number of carbonyl (C=O) groups excluding carboxylic acids is 1. The number of carbonyl (C=O) groups is 1. The van der Waals surface area contributed by atoms with E-state index in [0.717, 1.165) is 30.8 Å². The number of rotatable bonds is 4. The van der Waals surface area contributed by atoms with E-state index >= 15 is 0 Å². The molecule has 2 heterocycles. The van der Waals surface area contributed by atoms with Crippen LogP contribution in [0.4, 0.5) is 4.79 Å². The Hall–Kier alpha value is -1.20. The fourth-order valence-corrected chi connectivity index (χ4v) is 4.62. The number of piperidine rings is 1. The summed E-state index contributed by atoms with van der Waals surface area (Å²) in [5.74, 6) is 2.23. The first-order valence-electron chi connectivity index (χ1n) is 9.21. The van der Waals surface area contributed by atoms with E-state index in [1.54, 1.807) is 0 Å². The standard InChI is InChI=1S/C19H29N3OS/c23-19(20-14-17-8-3-1-4-9-17)22-12-7-13-24-16-18(22)15-21-10-5-2-6-11-21/h1,3-4,8-9,18H,2,5-7,10-16H2,(H,20,23). The van der Waals surface area contributed by atoms with Crippen LogP contribution in [-0.2, 0) is 6.54 Å². The van der Waals surface area contributed by atoms with Gasteiger partial charge in [-0.2, -0.15) is 11.8 Å². The Kier molecular flexibility index (Phi) is 6.85. The molecule has 24 heavy (non-hydrogen) atoms. The SMILES string of the molecule is O=C(NCc1ccccc1)N1CCCSCC1CN1CCCCC1. The first kappa shape index (κ1) is 17.6. The zero-order valence-electron chi connectivity index (χ0n) is 14.5. The van der Waals surface area contributed by atoms with Crippen LogP contribution >= 0.6 is 11.8 Å². The van der Waals surface area contributed by atoms with E-state index < -0.39 is 0 Å². The minimum Gasteiger partial charge on any atom is -0.334 e. The van der Waals surface area contributed by atoms with E-state index in [1.807, 2.05) is 30.0 Å². The molecule has 0 aromatic heterocycles. The molecule has 1 unspecified atom stereocenters. The number of hydrogen-bond acceptors (Lipinski definition) is 3. The van der Waals surface area contributed by atoms with Crippen LogP contribution in [0.1, 0.15) is 31.2 Å². The summed E-state index contributed by atoms with van der Waals surface area (Å²) >= 11 is 2.00. The van der Waals surface area contributed by atoms with Crippen molar-refractivity contribution in [2.24, 2.45) is 0 Å². The Morgan fingerprint density at radius 3 is 2.67 bits per heavy atom. The van der Waals surface area contributed by atoms with Gasteiger partial charge in [-0.05, 0) is 43.7 Å². The summed E-state index contributed by atoms with van der Waals surface area (Å²) in [5.41, 5.74) is 1.16. The maximum atomic E-state index is 12.8. The van der Waals surface area contributed by atoms with Crippen LogP contribution in [0.25, 0.3) is 0 Å². The summed E-state index contributed by atoms with van der Waals surface area (Å²) in [6, 6.07) is 10.6. The molecule has 0 radical (unpaired) electrons. The Morgan fingerprint density at radius 1 is 1.08 bits per heavy atom. The summed E-state index contributed by atoms with van der Waals surface area (Å²) in [6.07, 6.45) is 5.07. The molecule has 3 rings (SSSR count). The minimum atomic E-state index is 0.100. The maximum absolute atomic E-state index is 12.8. The third-order valence-corrected chi connectivity index (χ3v) is 6.10. The van der Waals surface area contributed by atoms with E-state index in [9.17, 15) is 4.79 Å². The lowest BCUT2D eigenvalue weighted by molar-refractivity contribution is 0.143. The van der Waals surface area contributed by atoms with Crippen molar-refractivity contribution in [2.75, 3.05) is 37.7 Å². The van der Waals surface area contributed by atoms with Gasteiger partial charge in [0, 0.05) is 25.4 Å². The van der Waals surface area contributed by atoms with Crippen LogP contribution in [0.2, 0.25) is 0 Å². The highest BCUT2D eigenvalue weighted by atomic mass is 32.2. The van der Waals surface area contributed by atoms with Gasteiger partial charge in [0.1, 0.15) is 0 Å². The van der Waals surface area contributed by atoms with E-state index in [4.69, 9.17) is 0 Å². The van der Waals surface area contributed by atoms with Crippen molar-refractivity contribution in [1.82, 2.24) is 15.1 Å². The summed E-state index contributed by atoms with van der Waals surface area (Å²) in [6.45, 7) is 4.92. The highest BCUT2D eigenvalue weighted by Crippen LogP contribution is 2.19. The lowest BCUT2D eigenvalue weighted by atomic mass is 10.1. The number of urea groups is 1. The Balaban J connectivity index is 1.57. The number of amides is 2. The molecule has 1 atom stereocenters. The highest BCUT2D eigenvalue weighted by Gasteiger charge is 2.27. The second kappa shape index (κ2) is 9.33. The molecule has 2 aliphatic heterocycles. The van der Waals surface area contributed by atoms with Gasteiger partial charge in [-0.3, -0.25) is 0 Å². The molecule has 2 fully saturated rings. The molecule has 0 bridgehead atoms. The fourth-order valence-electron chi connectivity index (χ4n) is 3.56. The molecule has 0 saturated carbocycles. The first-order valence-corrected chi connectivity index (χ1v) is 10.4. The molecule has 0 aliphatic carbocycles. The maximum Gasteiger partial charge on any atom is 0.317 e. The van der Waals surface area contributed by atoms with Crippen molar-refractivity contribution in [1.29, 1.82) is 0 Å². The van der Waals surface area contributed by atoms with Crippen molar-refractivity contribution in [3.63, 3.8) is 0 Å². The fraction of sp³-hybridized carbons (Fsp3) is 0.632. The number of benzene rings is 1. The summed E-state index contributed by atoms with van der Waals surface area (Å²) in [5, 5.41) is 3.12. The molecule has 0 spiro atoms. The predicted molar refractivity (Wildman–Crippen MR) is 101 cm³/mol. The van der Waals surface area contributed by atoms with Crippen molar-refractivity contribution in [3.05, 3.63) is 35.9 Å². The molecule has 2 aliphatic rings. The van der Waals surface area contributed by atoms with Gasteiger partial charge in [-0.25, -0.2) is 4.79 Å². The number of thioether (sulfide) groups is 1. The molecule has 1 N–H and O–H groups in total. The van der Waals surface area contributed by atoms with Gasteiger partial charge in [0.2, 0.25) is 0 Å². The van der Waals surface area contributed by atoms with Crippen LogP contribution < -0.4 is 5.32 Å². The Labute approximate surface area is 150 Å². The molecule has 2 amide bonds. The lowest BCUT2D eigenvalue weighted by Crippen LogP contribution is -2.52. The van der Waals surface area contributed by atoms with Gasteiger partial charge < -0.3 is 15.1 Å². The normalized spacial score (nSPS) is 22.8. The molecule has 1 aromatic carbocycles. The Bertz CT molecular complexity index is 505. The molecule has 1 aromatic rings. The van der Waals surface area contributed by atoms with Gasteiger partial charge in [-0.1, -0.05) is 36.8 Å². The van der Waals surface area contributed by atoms with E-state index in [-0.39, 0.29) is 6.03 Å². The zero-order chi connectivity index (χ0) is 16.6. The molecule has 5 heteroatoms. The monoisotopic (exact) mass is 347 g/mol. The lowest BCUT2D eigenvalue weighted by Gasteiger charge is -2.35. The van der Waals surface area contributed by atoms with Crippen molar-refractivity contribution < 1.29 is 4.79 Å². The van der Waals surface area contributed by atoms with Gasteiger partial charge in [-0.15, -0.1) is 0 Å². The van der Waals surface area contributed by atoms with Crippen LogP contribution in [0.5, 0.6) is 0 Å². The van der Waals surface area contributed by atoms with Crippen LogP contribution in [0.15, 0.2) is 30.3 Å². The smallest absolute Gasteiger partial charge is 0.317 e. The number of nitrogens with zero attached hydrogens (tertiary/aromatic N) is 2. The van der Waals surface area contributed by atoms with Crippen LogP contribution in [0, 0.1) is 0 Å². The van der Waals surface area contributed by atoms with Gasteiger partial charge in [0.25, 0.3) is 0 Å². The Morgan fingerprint density at radius 2 is 1.88 bits per heavy atom. The van der Waals surface area contributed by atoms with Gasteiger partial charge >= 0.3 is 6.03 Å². The first-order chi connectivity index (χ1) is 11.8. The second-order valence-corrected chi connectivity index (χ2v) is 7.93. The summed E-state index contributed by atoms with van der Waals surface area (Å²) in [7, 11) is 0. The minimum absolute atomic E-state index is 0.100. The second-order valence-electron chi connectivity index (χ2n) is 6.78. The van der Waals surface area contributed by atoms with Crippen LogP contribution in [-0.4, -0.2) is 59.6 Å². The van der Waals surface area contributed by atoms with Gasteiger partial charge in [0.05, 0.1) is 6.04 Å². The van der Waals surface area contributed by atoms with Crippen LogP contribution in [0.3, 0.4) is 0 Å². The molecular weight excluding hydrogens is 318 g/mol. The number of hydrogen-bond donors (Lipinski definition) is 1. The summed E-state index contributed by atoms with van der Waals surface area (Å²) < 4.78 is 0. The van der Waals surface area contributed by atoms with E-state index in [1.165, 1.54) is 38.1 Å². The van der Waals surface area contributed by atoms with Crippen molar-refractivity contribution in [2.45, 2.75) is 38.3 Å². The van der Waals surface area contributed by atoms with Crippen molar-refractivity contribution in [3.8, 4) is 0 Å². The number of nitrogens with one attached hydrogen (secondary N) is 1. The molecule has 4 nitrogen and oxygen atoms in total. The average molecular weight is 348 g/mol. The predicted octanol–water partition coefficient (Wildman–Crippen LogP) is 3.19. The molecular formula is C19H29N3OS. The average Bonchev–Trinajstić information content (AvgIpc) is 2.87.